The van der Waals surface area contributed by atoms with Crippen molar-refractivity contribution in [3.8, 4) is 6.07 Å². The molecule has 1 aromatic carbocycles. The molecule has 2 aromatic heterocycles. The topological polar surface area (TPSA) is 41.6 Å². The van der Waals surface area contributed by atoms with E-state index in [1.165, 1.54) is 4.88 Å². The molecule has 0 bridgehead atoms. The van der Waals surface area contributed by atoms with Gasteiger partial charge in [0.15, 0.2) is 0 Å². The highest BCUT2D eigenvalue weighted by atomic mass is 32.1. The molecule has 18 heavy (non-hydrogen) atoms. The van der Waals surface area contributed by atoms with Gasteiger partial charge in [0, 0.05) is 28.2 Å². The van der Waals surface area contributed by atoms with Crippen molar-refractivity contribution < 1.29 is 0 Å². The van der Waals surface area contributed by atoms with Crippen LogP contribution in [0.25, 0.3) is 10.9 Å². The predicted octanol–water partition coefficient (Wildman–Crippen LogP) is 3.33. The maximum atomic E-state index is 9.07. The van der Waals surface area contributed by atoms with Gasteiger partial charge >= 0.3 is 0 Å². The summed E-state index contributed by atoms with van der Waals surface area (Å²) in [4.78, 5) is 5.49. The van der Waals surface area contributed by atoms with E-state index in [9.17, 15) is 0 Å². The van der Waals surface area contributed by atoms with Crippen LogP contribution in [-0.4, -0.2) is 9.55 Å². The third kappa shape index (κ3) is 1.79. The van der Waals surface area contributed by atoms with E-state index in [0.717, 1.165) is 28.0 Å². The van der Waals surface area contributed by atoms with Crippen LogP contribution in [0.1, 0.15) is 15.4 Å². The number of hydrogen-bond acceptors (Lipinski definition) is 3. The molecule has 3 aromatic rings. The van der Waals surface area contributed by atoms with Gasteiger partial charge in [0.2, 0.25) is 0 Å². The number of nitriles is 1. The van der Waals surface area contributed by atoms with Crippen molar-refractivity contribution >= 4 is 22.2 Å². The largest absolute Gasteiger partial charge is 0.342 e. The van der Waals surface area contributed by atoms with Crippen LogP contribution < -0.4 is 0 Å². The molecule has 0 atom stereocenters. The minimum absolute atomic E-state index is 0.728. The molecule has 0 unspecified atom stereocenters. The Morgan fingerprint density at radius 1 is 1.39 bits per heavy atom. The van der Waals surface area contributed by atoms with Crippen molar-refractivity contribution in [2.24, 2.45) is 0 Å². The number of thiazole rings is 1. The molecule has 0 spiro atoms. The first-order valence-corrected chi connectivity index (χ1v) is 6.49. The van der Waals surface area contributed by atoms with Gasteiger partial charge in [-0.3, -0.25) is 0 Å². The van der Waals surface area contributed by atoms with Crippen LogP contribution in [0, 0.1) is 18.3 Å². The highest BCUT2D eigenvalue weighted by Crippen LogP contribution is 2.22. The minimum Gasteiger partial charge on any atom is -0.342 e. The molecule has 0 amide bonds. The molecule has 4 heteroatoms. The number of hydrogen-bond donors (Lipinski definition) is 0. The number of rotatable bonds is 2. The lowest BCUT2D eigenvalue weighted by atomic mass is 10.1. The Hall–Kier alpha value is -2.12. The Morgan fingerprint density at radius 2 is 2.28 bits per heavy atom. The van der Waals surface area contributed by atoms with Crippen LogP contribution in [0.15, 0.2) is 36.7 Å². The molecular formula is C14H11N3S. The van der Waals surface area contributed by atoms with Gasteiger partial charge in [-0.05, 0) is 25.1 Å². The first-order valence-electron chi connectivity index (χ1n) is 5.67. The van der Waals surface area contributed by atoms with E-state index in [1.807, 2.05) is 43.6 Å². The molecule has 0 radical (unpaired) electrons. The summed E-state index contributed by atoms with van der Waals surface area (Å²) in [5.74, 6) is 0. The minimum atomic E-state index is 0.728. The van der Waals surface area contributed by atoms with E-state index in [-0.39, 0.29) is 0 Å². The van der Waals surface area contributed by atoms with Gasteiger partial charge in [-0.1, -0.05) is 6.07 Å². The van der Waals surface area contributed by atoms with Crippen LogP contribution in [0.3, 0.4) is 0 Å². The lowest BCUT2D eigenvalue weighted by Crippen LogP contribution is -1.95. The van der Waals surface area contributed by atoms with Crippen LogP contribution in [0.2, 0.25) is 0 Å². The first-order chi connectivity index (χ1) is 8.78. The van der Waals surface area contributed by atoms with Gasteiger partial charge < -0.3 is 4.57 Å². The average molecular weight is 253 g/mol. The monoisotopic (exact) mass is 253 g/mol. The first kappa shape index (κ1) is 11.0. The summed E-state index contributed by atoms with van der Waals surface area (Å²) in [5.41, 5.74) is 1.83. The molecule has 0 N–H and O–H groups in total. The average Bonchev–Trinajstić information content (AvgIpc) is 2.97. The normalized spacial score (nSPS) is 10.7. The maximum Gasteiger partial charge on any atom is 0.0998 e. The van der Waals surface area contributed by atoms with Gasteiger partial charge in [0.1, 0.15) is 0 Å². The van der Waals surface area contributed by atoms with E-state index in [0.29, 0.717) is 0 Å². The highest BCUT2D eigenvalue weighted by Gasteiger charge is 2.06. The SMILES string of the molecule is Cc1ncc(Cn2ccc3c(C#N)cccc32)s1. The summed E-state index contributed by atoms with van der Waals surface area (Å²) >= 11 is 1.71. The number of nitrogens with zero attached hydrogens (tertiary/aromatic N) is 3. The van der Waals surface area contributed by atoms with Crippen molar-refractivity contribution in [2.75, 3.05) is 0 Å². The van der Waals surface area contributed by atoms with Crippen molar-refractivity contribution in [2.45, 2.75) is 13.5 Å². The maximum absolute atomic E-state index is 9.07. The smallest absolute Gasteiger partial charge is 0.0998 e. The van der Waals surface area contributed by atoms with Gasteiger partial charge in [0.05, 0.1) is 23.2 Å². The summed E-state index contributed by atoms with van der Waals surface area (Å²) in [6.07, 6.45) is 3.94. The van der Waals surface area contributed by atoms with Crippen LogP contribution in [0.4, 0.5) is 0 Å². The van der Waals surface area contributed by atoms with E-state index in [1.54, 1.807) is 11.3 Å². The fraction of sp³-hybridized carbons (Fsp3) is 0.143. The molecule has 0 aliphatic rings. The van der Waals surface area contributed by atoms with Gasteiger partial charge in [-0.2, -0.15) is 5.26 Å². The second-order valence-corrected chi connectivity index (χ2v) is 5.46. The van der Waals surface area contributed by atoms with Gasteiger partial charge in [-0.15, -0.1) is 11.3 Å². The molecule has 3 rings (SSSR count). The van der Waals surface area contributed by atoms with E-state index in [2.05, 4.69) is 15.6 Å². The molecule has 0 saturated heterocycles. The zero-order chi connectivity index (χ0) is 12.5. The predicted molar refractivity (Wildman–Crippen MR) is 72.6 cm³/mol. The lowest BCUT2D eigenvalue weighted by molar-refractivity contribution is 0.849. The van der Waals surface area contributed by atoms with E-state index in [4.69, 9.17) is 5.26 Å². The van der Waals surface area contributed by atoms with Crippen molar-refractivity contribution in [1.29, 1.82) is 5.26 Å². The summed E-state index contributed by atoms with van der Waals surface area (Å²) in [6, 6.07) is 10.1. The summed E-state index contributed by atoms with van der Waals surface area (Å²) < 4.78 is 2.16. The molecule has 0 saturated carbocycles. The molecule has 3 nitrogen and oxygen atoms in total. The van der Waals surface area contributed by atoms with Crippen LogP contribution in [-0.2, 0) is 6.54 Å². The molecular weight excluding hydrogens is 242 g/mol. The Balaban J connectivity index is 2.06. The van der Waals surface area contributed by atoms with Gasteiger partial charge in [-0.25, -0.2) is 4.98 Å². The number of aromatic nitrogens is 2. The molecule has 0 fully saturated rings. The molecule has 0 aliphatic carbocycles. The third-order valence-electron chi connectivity index (χ3n) is 2.93. The van der Waals surface area contributed by atoms with E-state index >= 15 is 0 Å². The molecule has 2 heterocycles. The number of aryl methyl sites for hydroxylation is 1. The quantitative estimate of drug-likeness (QED) is 0.703. The van der Waals surface area contributed by atoms with Crippen LogP contribution in [0.5, 0.6) is 0 Å². The Morgan fingerprint density at radius 3 is 3.00 bits per heavy atom. The van der Waals surface area contributed by atoms with Crippen molar-refractivity contribution in [3.05, 3.63) is 52.1 Å². The zero-order valence-corrected chi connectivity index (χ0v) is 10.7. The van der Waals surface area contributed by atoms with Crippen molar-refractivity contribution in [1.82, 2.24) is 9.55 Å². The van der Waals surface area contributed by atoms with Gasteiger partial charge in [0.25, 0.3) is 0 Å². The third-order valence-corrected chi connectivity index (χ3v) is 3.83. The standard InChI is InChI=1S/C14H11N3S/c1-10-16-8-12(18-10)9-17-6-5-13-11(7-15)3-2-4-14(13)17/h2-6,8H,9H2,1H3. The summed E-state index contributed by atoms with van der Waals surface area (Å²) in [7, 11) is 0. The highest BCUT2D eigenvalue weighted by molar-refractivity contribution is 7.11. The zero-order valence-electron chi connectivity index (χ0n) is 9.92. The fourth-order valence-corrected chi connectivity index (χ4v) is 2.90. The number of benzene rings is 1. The second-order valence-electron chi connectivity index (χ2n) is 4.14. The molecule has 88 valence electrons. The fourth-order valence-electron chi connectivity index (χ4n) is 2.11. The Bertz CT molecular complexity index is 746. The second kappa shape index (κ2) is 4.28. The van der Waals surface area contributed by atoms with E-state index < -0.39 is 0 Å². The summed E-state index contributed by atoms with van der Waals surface area (Å²) in [6.45, 7) is 2.82. The number of fused-ring (bicyclic) bond motifs is 1. The summed E-state index contributed by atoms with van der Waals surface area (Å²) in [5, 5.41) is 11.2. The van der Waals surface area contributed by atoms with Crippen molar-refractivity contribution in [3.63, 3.8) is 0 Å². The Kier molecular flexibility index (Phi) is 2.62. The molecule has 0 aliphatic heterocycles. The Labute approximate surface area is 109 Å². The van der Waals surface area contributed by atoms with Crippen LogP contribution >= 0.6 is 11.3 Å². The lowest BCUT2D eigenvalue weighted by Gasteiger charge is -2.03.